The lowest BCUT2D eigenvalue weighted by Crippen LogP contribution is -2.26. The first kappa shape index (κ1) is 16.6. The molecule has 9 heteroatoms. The molecular formula is C16H18N6O3. The van der Waals surface area contributed by atoms with Gasteiger partial charge in [-0.1, -0.05) is 12.1 Å². The molecule has 2 heterocycles. The number of nitro groups is 1. The molecule has 0 saturated carbocycles. The largest absolute Gasteiger partial charge is 0.389 e. The van der Waals surface area contributed by atoms with Crippen LogP contribution in [0.4, 0.5) is 5.82 Å². The van der Waals surface area contributed by atoms with Crippen LogP contribution in [-0.4, -0.2) is 37.1 Å². The first-order chi connectivity index (χ1) is 12.1. The predicted molar refractivity (Wildman–Crippen MR) is 90.9 cm³/mol. The number of hydrogen-bond donors (Lipinski definition) is 2. The number of carbonyl (C=O) groups is 1. The summed E-state index contributed by atoms with van der Waals surface area (Å²) in [5.41, 5.74) is 1.90. The van der Waals surface area contributed by atoms with Crippen molar-refractivity contribution in [2.45, 2.75) is 25.8 Å². The highest BCUT2D eigenvalue weighted by molar-refractivity contribution is 5.76. The number of para-hydroxylation sites is 2. The third-order valence-corrected chi connectivity index (χ3v) is 3.73. The van der Waals surface area contributed by atoms with E-state index in [9.17, 15) is 14.9 Å². The topological polar surface area (TPSA) is 119 Å². The number of fused-ring (bicyclic) bond motifs is 1. The van der Waals surface area contributed by atoms with Gasteiger partial charge in [-0.25, -0.2) is 4.98 Å². The van der Waals surface area contributed by atoms with Crippen molar-refractivity contribution < 1.29 is 9.72 Å². The van der Waals surface area contributed by atoms with E-state index in [-0.39, 0.29) is 11.7 Å². The van der Waals surface area contributed by atoms with Gasteiger partial charge in [0.25, 0.3) is 0 Å². The van der Waals surface area contributed by atoms with Crippen LogP contribution in [0.5, 0.6) is 0 Å². The summed E-state index contributed by atoms with van der Waals surface area (Å²) in [6.45, 7) is 0.969. The molecule has 0 aliphatic rings. The van der Waals surface area contributed by atoms with Crippen LogP contribution in [0.25, 0.3) is 11.0 Å². The molecule has 3 aromatic rings. The van der Waals surface area contributed by atoms with Gasteiger partial charge in [0.2, 0.25) is 5.91 Å². The second-order valence-corrected chi connectivity index (χ2v) is 5.60. The van der Waals surface area contributed by atoms with Crippen LogP contribution in [0.1, 0.15) is 18.7 Å². The van der Waals surface area contributed by atoms with Crippen LogP contribution < -0.4 is 5.32 Å². The van der Waals surface area contributed by atoms with Crippen molar-refractivity contribution in [2.24, 2.45) is 0 Å². The maximum Gasteiger partial charge on any atom is 0.389 e. The third kappa shape index (κ3) is 4.40. The lowest BCUT2D eigenvalue weighted by atomic mass is 10.3. The Kier molecular flexibility index (Phi) is 5.03. The highest BCUT2D eigenvalue weighted by Crippen LogP contribution is 2.10. The quantitative estimate of drug-likeness (QED) is 0.478. The van der Waals surface area contributed by atoms with Crippen molar-refractivity contribution in [1.82, 2.24) is 25.1 Å². The second kappa shape index (κ2) is 7.56. The van der Waals surface area contributed by atoms with Crippen molar-refractivity contribution in [1.29, 1.82) is 0 Å². The lowest BCUT2D eigenvalue weighted by Gasteiger charge is -2.03. The molecule has 0 atom stereocenters. The number of imidazole rings is 1. The number of benzene rings is 1. The van der Waals surface area contributed by atoms with Gasteiger partial charge < -0.3 is 20.4 Å². The molecule has 0 bridgehead atoms. The van der Waals surface area contributed by atoms with E-state index in [1.165, 1.54) is 16.9 Å². The van der Waals surface area contributed by atoms with Crippen LogP contribution >= 0.6 is 0 Å². The summed E-state index contributed by atoms with van der Waals surface area (Å²) in [4.78, 5) is 29.5. The zero-order valence-electron chi connectivity index (χ0n) is 13.5. The summed E-state index contributed by atoms with van der Waals surface area (Å²) in [6, 6.07) is 9.12. The Labute approximate surface area is 143 Å². The first-order valence-corrected chi connectivity index (χ1v) is 8.00. The number of hydrogen-bond acceptors (Lipinski definition) is 5. The van der Waals surface area contributed by atoms with Crippen LogP contribution in [0.3, 0.4) is 0 Å². The lowest BCUT2D eigenvalue weighted by molar-refractivity contribution is -0.389. The van der Waals surface area contributed by atoms with Gasteiger partial charge in [0.15, 0.2) is 0 Å². The van der Waals surface area contributed by atoms with Crippen molar-refractivity contribution in [3.8, 4) is 0 Å². The van der Waals surface area contributed by atoms with Crippen molar-refractivity contribution in [3.05, 3.63) is 52.5 Å². The molecule has 3 rings (SSSR count). The number of nitrogens with one attached hydrogen (secondary N) is 2. The van der Waals surface area contributed by atoms with Gasteiger partial charge in [0.1, 0.15) is 5.82 Å². The molecule has 0 unspecified atom stereocenters. The molecular weight excluding hydrogens is 324 g/mol. The van der Waals surface area contributed by atoms with Gasteiger partial charge in [0.05, 0.1) is 34.9 Å². The smallest absolute Gasteiger partial charge is 0.358 e. The van der Waals surface area contributed by atoms with E-state index in [4.69, 9.17) is 0 Å². The number of rotatable bonds is 8. The standard InChI is InChI=1S/C16H18N6O3/c23-16(6-3-10-21-11-8-15(20-21)22(24)25)17-9-7-14-18-12-4-1-2-5-13(12)19-14/h1-2,4-5,8,11H,3,6-7,9-10H2,(H,17,23)(H,18,19). The first-order valence-electron chi connectivity index (χ1n) is 8.00. The fourth-order valence-electron chi connectivity index (χ4n) is 2.51. The molecule has 0 aliphatic heterocycles. The average molecular weight is 342 g/mol. The molecule has 0 spiro atoms. The maximum absolute atomic E-state index is 11.8. The molecule has 0 radical (unpaired) electrons. The van der Waals surface area contributed by atoms with E-state index in [1.54, 1.807) is 0 Å². The molecule has 130 valence electrons. The zero-order valence-corrected chi connectivity index (χ0v) is 13.5. The Bertz CT molecular complexity index is 852. The summed E-state index contributed by atoms with van der Waals surface area (Å²) in [6.07, 6.45) is 3.08. The highest BCUT2D eigenvalue weighted by Gasteiger charge is 2.11. The summed E-state index contributed by atoms with van der Waals surface area (Å²) in [5.74, 6) is 0.596. The Morgan fingerprint density at radius 1 is 1.32 bits per heavy atom. The summed E-state index contributed by atoms with van der Waals surface area (Å²) in [7, 11) is 0. The number of aromatic amines is 1. The van der Waals surface area contributed by atoms with E-state index in [1.807, 2.05) is 24.3 Å². The zero-order chi connectivity index (χ0) is 17.6. The van der Waals surface area contributed by atoms with Gasteiger partial charge in [-0.3, -0.25) is 4.79 Å². The number of H-pyrrole nitrogens is 1. The van der Waals surface area contributed by atoms with E-state index >= 15 is 0 Å². The number of aryl methyl sites for hydroxylation is 1. The molecule has 0 aliphatic carbocycles. The van der Waals surface area contributed by atoms with Crippen LogP contribution in [0.2, 0.25) is 0 Å². The van der Waals surface area contributed by atoms with Crippen molar-refractivity contribution in [3.63, 3.8) is 0 Å². The molecule has 2 aromatic heterocycles. The molecule has 2 N–H and O–H groups in total. The minimum atomic E-state index is -0.540. The second-order valence-electron chi connectivity index (χ2n) is 5.60. The average Bonchev–Trinajstić information content (AvgIpc) is 3.21. The minimum Gasteiger partial charge on any atom is -0.358 e. The highest BCUT2D eigenvalue weighted by atomic mass is 16.6. The minimum absolute atomic E-state index is 0.0576. The molecule has 9 nitrogen and oxygen atoms in total. The summed E-state index contributed by atoms with van der Waals surface area (Å²) in [5, 5.41) is 17.2. The van der Waals surface area contributed by atoms with Gasteiger partial charge >= 0.3 is 5.82 Å². The summed E-state index contributed by atoms with van der Waals surface area (Å²) < 4.78 is 1.47. The van der Waals surface area contributed by atoms with Crippen molar-refractivity contribution in [2.75, 3.05) is 6.54 Å². The molecule has 1 amide bonds. The number of carbonyl (C=O) groups excluding carboxylic acids is 1. The normalized spacial score (nSPS) is 10.9. The molecule has 0 saturated heterocycles. The Balaban J connectivity index is 1.37. The van der Waals surface area contributed by atoms with Gasteiger partial charge in [-0.05, 0) is 23.5 Å². The molecule has 1 aromatic carbocycles. The van der Waals surface area contributed by atoms with Crippen LogP contribution in [0, 0.1) is 10.1 Å². The number of amides is 1. The van der Waals surface area contributed by atoms with Crippen LogP contribution in [-0.2, 0) is 17.8 Å². The van der Waals surface area contributed by atoms with E-state index in [0.29, 0.717) is 32.4 Å². The number of aromatic nitrogens is 4. The van der Waals surface area contributed by atoms with Gasteiger partial charge in [-0.15, -0.1) is 0 Å². The third-order valence-electron chi connectivity index (χ3n) is 3.73. The summed E-state index contributed by atoms with van der Waals surface area (Å²) >= 11 is 0. The Morgan fingerprint density at radius 2 is 2.16 bits per heavy atom. The Morgan fingerprint density at radius 3 is 2.92 bits per heavy atom. The molecule has 0 fully saturated rings. The molecule has 25 heavy (non-hydrogen) atoms. The van der Waals surface area contributed by atoms with Gasteiger partial charge in [0, 0.05) is 19.4 Å². The van der Waals surface area contributed by atoms with E-state index < -0.39 is 4.92 Å². The number of nitrogens with zero attached hydrogens (tertiary/aromatic N) is 4. The van der Waals surface area contributed by atoms with Crippen LogP contribution in [0.15, 0.2) is 36.5 Å². The fraction of sp³-hybridized carbons (Fsp3) is 0.312. The van der Waals surface area contributed by atoms with E-state index in [0.717, 1.165) is 16.9 Å². The van der Waals surface area contributed by atoms with E-state index in [2.05, 4.69) is 20.4 Å². The fourth-order valence-corrected chi connectivity index (χ4v) is 2.51. The maximum atomic E-state index is 11.8. The SMILES string of the molecule is O=C(CCCn1ccc([N+](=O)[O-])n1)NCCc1nc2ccccc2[nH]1. The Hall–Kier alpha value is -3.23. The van der Waals surface area contributed by atoms with Gasteiger partial charge in [-0.2, -0.15) is 4.68 Å². The van der Waals surface area contributed by atoms with Crippen molar-refractivity contribution >= 4 is 22.8 Å². The predicted octanol–water partition coefficient (Wildman–Crippen LogP) is 1.81. The monoisotopic (exact) mass is 342 g/mol.